The largest absolute Gasteiger partial charge is 0.508 e. The van der Waals surface area contributed by atoms with Gasteiger partial charge in [-0.3, -0.25) is 9.59 Å². The molecule has 258 valence electrons. The number of carbonyl (C=O) groups is 2. The van der Waals surface area contributed by atoms with Crippen LogP contribution in [0.2, 0.25) is 0 Å². The molecule has 50 heavy (non-hydrogen) atoms. The van der Waals surface area contributed by atoms with E-state index in [0.717, 1.165) is 48.2 Å². The molecule has 0 saturated heterocycles. The van der Waals surface area contributed by atoms with E-state index < -0.39 is 0 Å². The van der Waals surface area contributed by atoms with Gasteiger partial charge in [0, 0.05) is 35.6 Å². The number of phenolic OH excluding ortho intramolecular Hbond substituents is 2. The molecule has 6 heteroatoms. The molecule has 2 unspecified atom stereocenters. The van der Waals surface area contributed by atoms with Crippen LogP contribution in [0.3, 0.4) is 0 Å². The number of hydrogen-bond acceptors (Lipinski definition) is 4. The first-order chi connectivity index (χ1) is 24.2. The van der Waals surface area contributed by atoms with Crippen molar-refractivity contribution in [2.75, 3.05) is 22.9 Å². The van der Waals surface area contributed by atoms with E-state index in [4.69, 9.17) is 0 Å². The van der Waals surface area contributed by atoms with Crippen molar-refractivity contribution in [3.8, 4) is 11.5 Å². The number of rotatable bonds is 14. The van der Waals surface area contributed by atoms with Crippen molar-refractivity contribution in [2.45, 2.75) is 65.2 Å². The number of carbonyl (C=O) groups excluding carboxylic acids is 2. The summed E-state index contributed by atoms with van der Waals surface area (Å²) in [5.74, 6) is 0.805. The molecule has 0 aliphatic carbocycles. The van der Waals surface area contributed by atoms with Crippen LogP contribution in [-0.2, 0) is 12.8 Å². The molecule has 0 aliphatic rings. The lowest BCUT2D eigenvalue weighted by molar-refractivity contribution is 0.0986. The normalized spacial score (nSPS) is 12.2. The van der Waals surface area contributed by atoms with Gasteiger partial charge in [-0.15, -0.1) is 0 Å². The molecule has 0 heterocycles. The molecule has 0 radical (unpaired) electrons. The van der Waals surface area contributed by atoms with Crippen LogP contribution < -0.4 is 9.80 Å². The van der Waals surface area contributed by atoms with Gasteiger partial charge in [-0.1, -0.05) is 82.3 Å². The average Bonchev–Trinajstić information content (AvgIpc) is 3.13. The van der Waals surface area contributed by atoms with Crippen molar-refractivity contribution in [3.63, 3.8) is 0 Å². The van der Waals surface area contributed by atoms with Gasteiger partial charge in [0.1, 0.15) is 11.5 Å². The Morgan fingerprint density at radius 1 is 0.540 bits per heavy atom. The summed E-state index contributed by atoms with van der Waals surface area (Å²) in [4.78, 5) is 31.5. The Morgan fingerprint density at radius 2 is 0.900 bits per heavy atom. The molecule has 0 bridgehead atoms. The van der Waals surface area contributed by atoms with Crippen molar-refractivity contribution >= 4 is 23.2 Å². The van der Waals surface area contributed by atoms with Gasteiger partial charge in [-0.05, 0) is 127 Å². The van der Waals surface area contributed by atoms with Crippen molar-refractivity contribution in [2.24, 2.45) is 0 Å². The van der Waals surface area contributed by atoms with E-state index in [0.29, 0.717) is 24.2 Å². The zero-order valence-corrected chi connectivity index (χ0v) is 29.5. The quantitative estimate of drug-likeness (QED) is 0.123. The first kappa shape index (κ1) is 35.9. The zero-order valence-electron chi connectivity index (χ0n) is 29.5. The standard InChI is InChI=1S/C44H48N2O4/c1-5-26-45(39-18-10-33(11-19-39)28-31(3)35-14-22-41(47)23-15-35)43(49)37-8-7-9-38(30-37)44(50)46(27-6-2)40-20-12-34(13-21-40)29-32(4)36-16-24-42(48)25-17-36/h7-25,30-32,47-48H,5-6,26-29H2,1-4H3. The highest BCUT2D eigenvalue weighted by molar-refractivity contribution is 6.10. The summed E-state index contributed by atoms with van der Waals surface area (Å²) in [5.41, 5.74) is 7.26. The number of phenols is 2. The summed E-state index contributed by atoms with van der Waals surface area (Å²) in [5, 5.41) is 19.3. The maximum atomic E-state index is 14.0. The van der Waals surface area contributed by atoms with Crippen LogP contribution in [0.15, 0.2) is 121 Å². The lowest BCUT2D eigenvalue weighted by Crippen LogP contribution is -2.33. The molecule has 6 nitrogen and oxygen atoms in total. The molecule has 0 saturated carbocycles. The van der Waals surface area contributed by atoms with E-state index in [-0.39, 0.29) is 35.1 Å². The highest BCUT2D eigenvalue weighted by Crippen LogP contribution is 2.27. The lowest BCUT2D eigenvalue weighted by Gasteiger charge is -2.25. The van der Waals surface area contributed by atoms with Crippen LogP contribution in [-0.4, -0.2) is 35.1 Å². The van der Waals surface area contributed by atoms with Crippen LogP contribution in [0.4, 0.5) is 11.4 Å². The van der Waals surface area contributed by atoms with Gasteiger partial charge in [-0.2, -0.15) is 0 Å². The van der Waals surface area contributed by atoms with Crippen LogP contribution >= 0.6 is 0 Å². The van der Waals surface area contributed by atoms with Gasteiger partial charge in [0.05, 0.1) is 0 Å². The minimum absolute atomic E-state index is 0.138. The van der Waals surface area contributed by atoms with Gasteiger partial charge >= 0.3 is 0 Å². The van der Waals surface area contributed by atoms with Crippen LogP contribution in [0, 0.1) is 0 Å². The fraction of sp³-hybridized carbons (Fsp3) is 0.273. The minimum atomic E-state index is -0.138. The maximum absolute atomic E-state index is 14.0. The Bertz CT molecular complexity index is 1710. The SMILES string of the molecule is CCCN(C(=O)c1cccc(C(=O)N(CCC)c2ccc(CC(C)c3ccc(O)cc3)cc2)c1)c1ccc(CC(C)c2ccc(O)cc2)cc1. The van der Waals surface area contributed by atoms with Crippen molar-refractivity contribution in [1.29, 1.82) is 0 Å². The minimum Gasteiger partial charge on any atom is -0.508 e. The third kappa shape index (κ3) is 9.00. The fourth-order valence-electron chi connectivity index (χ4n) is 6.41. The third-order valence-corrected chi connectivity index (χ3v) is 9.25. The smallest absolute Gasteiger partial charge is 0.258 e. The number of nitrogens with zero attached hydrogens (tertiary/aromatic N) is 2. The van der Waals surface area contributed by atoms with Gasteiger partial charge < -0.3 is 20.0 Å². The van der Waals surface area contributed by atoms with Crippen LogP contribution in [0.5, 0.6) is 11.5 Å². The van der Waals surface area contributed by atoms with Crippen LogP contribution in [0.1, 0.15) is 95.3 Å². The fourth-order valence-corrected chi connectivity index (χ4v) is 6.41. The summed E-state index contributed by atoms with van der Waals surface area (Å²) in [6.07, 6.45) is 3.26. The molecular formula is C44H48N2O4. The van der Waals surface area contributed by atoms with E-state index in [1.807, 2.05) is 48.5 Å². The summed E-state index contributed by atoms with van der Waals surface area (Å²) in [6, 6.07) is 38.0. The topological polar surface area (TPSA) is 81.1 Å². The first-order valence-corrected chi connectivity index (χ1v) is 17.7. The average molecular weight is 669 g/mol. The molecule has 2 atom stereocenters. The monoisotopic (exact) mass is 668 g/mol. The Hall–Kier alpha value is -5.36. The van der Waals surface area contributed by atoms with Crippen molar-refractivity contribution in [3.05, 3.63) is 155 Å². The highest BCUT2D eigenvalue weighted by atomic mass is 16.3. The number of aromatic hydroxyl groups is 2. The second-order valence-electron chi connectivity index (χ2n) is 13.2. The van der Waals surface area contributed by atoms with Crippen molar-refractivity contribution < 1.29 is 19.8 Å². The Labute approximate surface area is 296 Å². The van der Waals surface area contributed by atoms with Gasteiger partial charge in [-0.25, -0.2) is 0 Å². The zero-order chi connectivity index (χ0) is 35.6. The predicted molar refractivity (Wildman–Crippen MR) is 204 cm³/mol. The lowest BCUT2D eigenvalue weighted by atomic mass is 9.93. The predicted octanol–water partition coefficient (Wildman–Crippen LogP) is 9.90. The summed E-state index contributed by atoms with van der Waals surface area (Å²) in [7, 11) is 0. The van der Waals surface area contributed by atoms with E-state index in [1.54, 1.807) is 58.3 Å². The second-order valence-corrected chi connectivity index (χ2v) is 13.2. The molecule has 0 fully saturated rings. The van der Waals surface area contributed by atoms with E-state index in [1.165, 1.54) is 11.1 Å². The maximum Gasteiger partial charge on any atom is 0.258 e. The van der Waals surface area contributed by atoms with Gasteiger partial charge in [0.15, 0.2) is 0 Å². The number of amides is 2. The highest BCUT2D eigenvalue weighted by Gasteiger charge is 2.22. The first-order valence-electron chi connectivity index (χ1n) is 17.7. The molecule has 0 aromatic heterocycles. The summed E-state index contributed by atoms with van der Waals surface area (Å²) >= 11 is 0. The molecule has 5 rings (SSSR count). The molecule has 0 aliphatic heterocycles. The van der Waals surface area contributed by atoms with Crippen molar-refractivity contribution in [1.82, 2.24) is 0 Å². The van der Waals surface area contributed by atoms with E-state index in [9.17, 15) is 19.8 Å². The van der Waals surface area contributed by atoms with Crippen LogP contribution in [0.25, 0.3) is 0 Å². The Kier molecular flexibility index (Phi) is 12.1. The molecule has 5 aromatic carbocycles. The number of hydrogen-bond donors (Lipinski definition) is 2. The molecule has 2 amide bonds. The number of benzene rings is 5. The summed E-state index contributed by atoms with van der Waals surface area (Å²) in [6.45, 7) is 9.55. The van der Waals surface area contributed by atoms with Gasteiger partial charge in [0.2, 0.25) is 0 Å². The Balaban J connectivity index is 1.29. The molecule has 0 spiro atoms. The number of anilines is 2. The molecule has 2 N–H and O–H groups in total. The molecule has 5 aromatic rings. The molecular weight excluding hydrogens is 620 g/mol. The van der Waals surface area contributed by atoms with E-state index >= 15 is 0 Å². The summed E-state index contributed by atoms with van der Waals surface area (Å²) < 4.78 is 0. The second kappa shape index (κ2) is 16.8. The van der Waals surface area contributed by atoms with Gasteiger partial charge in [0.25, 0.3) is 11.8 Å². The Morgan fingerprint density at radius 3 is 1.24 bits per heavy atom. The van der Waals surface area contributed by atoms with E-state index in [2.05, 4.69) is 52.0 Å². The third-order valence-electron chi connectivity index (χ3n) is 9.25.